The number of ether oxygens (including phenoxy) is 1. The van der Waals surface area contributed by atoms with Gasteiger partial charge < -0.3 is 14.2 Å². The Morgan fingerprint density at radius 1 is 1.14 bits per heavy atom. The van der Waals surface area contributed by atoms with E-state index >= 15 is 0 Å². The maximum absolute atomic E-state index is 13.4. The summed E-state index contributed by atoms with van der Waals surface area (Å²) in [7, 11) is 1.56. The first-order valence-corrected chi connectivity index (χ1v) is 9.27. The highest BCUT2D eigenvalue weighted by atomic mass is 19.2. The highest BCUT2D eigenvalue weighted by Crippen LogP contribution is 2.29. The van der Waals surface area contributed by atoms with Gasteiger partial charge in [-0.3, -0.25) is 4.79 Å². The molecule has 0 spiro atoms. The molecule has 8 heteroatoms. The van der Waals surface area contributed by atoms with E-state index in [1.165, 1.54) is 6.07 Å². The average molecular weight is 399 g/mol. The molecule has 1 amide bonds. The van der Waals surface area contributed by atoms with Crippen LogP contribution in [0.1, 0.15) is 35.0 Å². The molecule has 0 N–H and O–H groups in total. The van der Waals surface area contributed by atoms with Gasteiger partial charge >= 0.3 is 0 Å². The first kappa shape index (κ1) is 19.0. The van der Waals surface area contributed by atoms with Crippen molar-refractivity contribution in [1.82, 2.24) is 15.0 Å². The van der Waals surface area contributed by atoms with Crippen molar-refractivity contribution in [2.45, 2.75) is 18.8 Å². The van der Waals surface area contributed by atoms with Crippen molar-refractivity contribution in [3.63, 3.8) is 0 Å². The Morgan fingerprint density at radius 3 is 2.66 bits per heavy atom. The molecule has 0 saturated carbocycles. The summed E-state index contributed by atoms with van der Waals surface area (Å²) in [6.07, 6.45) is 1.35. The lowest BCUT2D eigenvalue weighted by Gasteiger charge is -2.30. The van der Waals surface area contributed by atoms with E-state index in [1.807, 2.05) is 0 Å². The van der Waals surface area contributed by atoms with E-state index in [0.29, 0.717) is 48.7 Å². The van der Waals surface area contributed by atoms with Crippen LogP contribution >= 0.6 is 0 Å². The van der Waals surface area contributed by atoms with Gasteiger partial charge in [-0.05, 0) is 49.2 Å². The van der Waals surface area contributed by atoms with Gasteiger partial charge in [0.2, 0.25) is 11.7 Å². The van der Waals surface area contributed by atoms with Crippen LogP contribution in [-0.2, 0) is 0 Å². The predicted molar refractivity (Wildman–Crippen MR) is 101 cm³/mol. The van der Waals surface area contributed by atoms with Crippen molar-refractivity contribution >= 4 is 5.91 Å². The van der Waals surface area contributed by atoms with Gasteiger partial charge in [-0.1, -0.05) is 11.2 Å². The second-order valence-electron chi connectivity index (χ2n) is 6.88. The molecule has 0 bridgehead atoms. The summed E-state index contributed by atoms with van der Waals surface area (Å²) < 4.78 is 37.0. The van der Waals surface area contributed by atoms with Crippen LogP contribution in [0.5, 0.6) is 5.75 Å². The minimum absolute atomic E-state index is 0.0101. The molecule has 6 nitrogen and oxygen atoms in total. The molecule has 0 atom stereocenters. The van der Waals surface area contributed by atoms with E-state index in [9.17, 15) is 13.6 Å². The molecule has 3 aromatic rings. The lowest BCUT2D eigenvalue weighted by atomic mass is 9.96. The molecule has 29 heavy (non-hydrogen) atoms. The number of rotatable bonds is 4. The molecule has 0 unspecified atom stereocenters. The molecule has 1 aliphatic rings. The normalized spacial score (nSPS) is 14.8. The molecular weight excluding hydrogens is 380 g/mol. The third kappa shape index (κ3) is 3.96. The third-order valence-electron chi connectivity index (χ3n) is 5.07. The molecular formula is C21H19F2N3O3. The van der Waals surface area contributed by atoms with E-state index in [-0.39, 0.29) is 17.6 Å². The molecule has 150 valence electrons. The Hall–Kier alpha value is -3.29. The van der Waals surface area contributed by atoms with Crippen LogP contribution in [0, 0.1) is 11.6 Å². The van der Waals surface area contributed by atoms with E-state index in [1.54, 1.807) is 36.3 Å². The van der Waals surface area contributed by atoms with E-state index in [4.69, 9.17) is 9.26 Å². The number of hydrogen-bond acceptors (Lipinski definition) is 5. The lowest BCUT2D eigenvalue weighted by molar-refractivity contribution is 0.0704. The summed E-state index contributed by atoms with van der Waals surface area (Å²) in [6, 6.07) is 10.6. The molecule has 1 saturated heterocycles. The van der Waals surface area contributed by atoms with Gasteiger partial charge in [0.05, 0.1) is 7.11 Å². The fourth-order valence-electron chi connectivity index (χ4n) is 3.42. The van der Waals surface area contributed by atoms with Gasteiger partial charge in [0.25, 0.3) is 5.91 Å². The number of methoxy groups -OCH3 is 1. The molecule has 0 radical (unpaired) electrons. The number of likely N-dealkylation sites (tertiary alicyclic amines) is 1. The highest BCUT2D eigenvalue weighted by molar-refractivity contribution is 5.94. The van der Waals surface area contributed by atoms with Crippen LogP contribution in [-0.4, -0.2) is 41.1 Å². The number of nitrogens with zero attached hydrogens (tertiary/aromatic N) is 3. The highest BCUT2D eigenvalue weighted by Gasteiger charge is 2.28. The Morgan fingerprint density at radius 2 is 1.93 bits per heavy atom. The molecule has 2 aromatic carbocycles. The molecule has 1 aromatic heterocycles. The summed E-state index contributed by atoms with van der Waals surface area (Å²) in [5, 5.41) is 3.88. The van der Waals surface area contributed by atoms with Gasteiger partial charge in [-0.15, -0.1) is 0 Å². The Balaban J connectivity index is 1.41. The quantitative estimate of drug-likeness (QED) is 0.662. The standard InChI is InChI=1S/C21H19F2N3O3/c1-28-16-4-2-3-15(11-16)21(27)26-9-7-13(8-10-26)20-24-19(25-29-20)14-5-6-17(22)18(23)12-14/h2-6,11-13H,7-10H2,1H3. The molecule has 0 aliphatic carbocycles. The predicted octanol–water partition coefficient (Wildman–Crippen LogP) is 4.04. The van der Waals surface area contributed by atoms with Gasteiger partial charge in [-0.25, -0.2) is 8.78 Å². The summed E-state index contributed by atoms with van der Waals surface area (Å²) in [5.74, 6) is -0.622. The second kappa shape index (κ2) is 7.98. The molecule has 4 rings (SSSR count). The summed E-state index contributed by atoms with van der Waals surface area (Å²) >= 11 is 0. The zero-order chi connectivity index (χ0) is 20.4. The van der Waals surface area contributed by atoms with Crippen LogP contribution < -0.4 is 4.74 Å². The van der Waals surface area contributed by atoms with Crippen molar-refractivity contribution in [2.24, 2.45) is 0 Å². The molecule has 1 fully saturated rings. The van der Waals surface area contributed by atoms with Gasteiger partial charge in [-0.2, -0.15) is 4.98 Å². The van der Waals surface area contributed by atoms with Gasteiger partial charge in [0, 0.05) is 30.1 Å². The Kier molecular flexibility index (Phi) is 5.24. The number of amides is 1. The van der Waals surface area contributed by atoms with E-state index in [2.05, 4.69) is 10.1 Å². The maximum atomic E-state index is 13.4. The largest absolute Gasteiger partial charge is 0.497 e. The van der Waals surface area contributed by atoms with Gasteiger partial charge in [0.1, 0.15) is 5.75 Å². The van der Waals surface area contributed by atoms with E-state index < -0.39 is 11.6 Å². The minimum atomic E-state index is -0.960. The number of benzene rings is 2. The monoisotopic (exact) mass is 399 g/mol. The number of carbonyl (C=O) groups excluding carboxylic acids is 1. The van der Waals surface area contributed by atoms with Gasteiger partial charge in [0.15, 0.2) is 11.6 Å². The lowest BCUT2D eigenvalue weighted by Crippen LogP contribution is -2.38. The number of halogens is 2. The van der Waals surface area contributed by atoms with E-state index in [0.717, 1.165) is 12.1 Å². The fraction of sp³-hybridized carbons (Fsp3) is 0.286. The number of carbonyl (C=O) groups is 1. The van der Waals surface area contributed by atoms with Crippen LogP contribution in [0.25, 0.3) is 11.4 Å². The second-order valence-corrected chi connectivity index (χ2v) is 6.88. The van der Waals surface area contributed by atoms with Crippen LogP contribution in [0.4, 0.5) is 8.78 Å². The first-order chi connectivity index (χ1) is 14.0. The third-order valence-corrected chi connectivity index (χ3v) is 5.07. The summed E-state index contributed by atoms with van der Waals surface area (Å²) in [6.45, 7) is 1.12. The Bertz CT molecular complexity index is 1030. The Labute approximate surface area is 166 Å². The SMILES string of the molecule is COc1cccc(C(=O)N2CCC(c3nc(-c4ccc(F)c(F)c4)no3)CC2)c1. The van der Waals surface area contributed by atoms with Crippen molar-refractivity contribution in [2.75, 3.05) is 20.2 Å². The molecule has 1 aliphatic heterocycles. The summed E-state index contributed by atoms with van der Waals surface area (Å²) in [5.41, 5.74) is 0.936. The summed E-state index contributed by atoms with van der Waals surface area (Å²) in [4.78, 5) is 18.8. The fourth-order valence-corrected chi connectivity index (χ4v) is 3.42. The topological polar surface area (TPSA) is 68.5 Å². The number of aromatic nitrogens is 2. The molecule has 2 heterocycles. The van der Waals surface area contributed by atoms with Crippen LogP contribution in [0.15, 0.2) is 47.0 Å². The zero-order valence-electron chi connectivity index (χ0n) is 15.8. The average Bonchev–Trinajstić information content (AvgIpc) is 3.25. The van der Waals surface area contributed by atoms with Crippen molar-refractivity contribution < 1.29 is 22.8 Å². The smallest absolute Gasteiger partial charge is 0.253 e. The number of piperidine rings is 1. The zero-order valence-corrected chi connectivity index (χ0v) is 15.8. The van der Waals surface area contributed by atoms with Crippen molar-refractivity contribution in [3.05, 3.63) is 65.6 Å². The van der Waals surface area contributed by atoms with Crippen molar-refractivity contribution in [3.8, 4) is 17.1 Å². The maximum Gasteiger partial charge on any atom is 0.253 e. The number of hydrogen-bond donors (Lipinski definition) is 0. The van der Waals surface area contributed by atoms with Crippen molar-refractivity contribution in [1.29, 1.82) is 0 Å². The van der Waals surface area contributed by atoms with Crippen LogP contribution in [0.2, 0.25) is 0 Å². The first-order valence-electron chi connectivity index (χ1n) is 9.27. The minimum Gasteiger partial charge on any atom is -0.497 e. The van der Waals surface area contributed by atoms with Crippen LogP contribution in [0.3, 0.4) is 0 Å².